The number of hydrogen-bond acceptors (Lipinski definition) is 3. The summed E-state index contributed by atoms with van der Waals surface area (Å²) in [5.74, 6) is 1.33. The Hall–Kier alpha value is -1.59. The second-order valence-corrected chi connectivity index (χ2v) is 6.01. The third kappa shape index (κ3) is 5.31. The van der Waals surface area contributed by atoms with Crippen molar-refractivity contribution >= 4 is 11.6 Å². The van der Waals surface area contributed by atoms with E-state index in [0.29, 0.717) is 12.6 Å². The number of nitrogens with two attached hydrogens (primary N) is 1. The lowest BCUT2D eigenvalue weighted by atomic mass is 9.99. The van der Waals surface area contributed by atoms with Crippen LogP contribution in [0.5, 0.6) is 0 Å². The van der Waals surface area contributed by atoms with E-state index in [4.69, 9.17) is 10.5 Å². The van der Waals surface area contributed by atoms with Gasteiger partial charge in [-0.25, -0.2) is 0 Å². The highest BCUT2D eigenvalue weighted by molar-refractivity contribution is 5.92. The number of para-hydroxylation sites is 1. The predicted octanol–water partition coefficient (Wildman–Crippen LogP) is 2.29. The lowest BCUT2D eigenvalue weighted by molar-refractivity contribution is 0.185. The van der Waals surface area contributed by atoms with Crippen LogP contribution in [-0.4, -0.2) is 44.1 Å². The summed E-state index contributed by atoms with van der Waals surface area (Å²) in [4.78, 5) is 6.90. The Labute approximate surface area is 133 Å². The Morgan fingerprint density at radius 1 is 1.36 bits per heavy atom. The van der Waals surface area contributed by atoms with Crippen LogP contribution >= 0.6 is 0 Å². The van der Waals surface area contributed by atoms with Crippen LogP contribution in [0, 0.1) is 5.92 Å². The summed E-state index contributed by atoms with van der Waals surface area (Å²) >= 11 is 0. The first-order chi connectivity index (χ1) is 10.7. The molecule has 0 aliphatic carbocycles. The zero-order chi connectivity index (χ0) is 15.8. The van der Waals surface area contributed by atoms with E-state index in [0.717, 1.165) is 30.3 Å². The summed E-state index contributed by atoms with van der Waals surface area (Å²) in [5, 5.41) is 3.17. The van der Waals surface area contributed by atoms with Crippen LogP contribution in [0.2, 0.25) is 0 Å². The molecular formula is C17H28N4O. The van der Waals surface area contributed by atoms with Gasteiger partial charge in [-0.2, -0.15) is 0 Å². The molecule has 0 amide bonds. The van der Waals surface area contributed by atoms with Crippen molar-refractivity contribution in [2.24, 2.45) is 16.6 Å². The molecule has 5 nitrogen and oxygen atoms in total. The normalized spacial score (nSPS) is 17.6. The van der Waals surface area contributed by atoms with Crippen LogP contribution in [0.25, 0.3) is 0 Å². The van der Waals surface area contributed by atoms with Gasteiger partial charge in [0.05, 0.1) is 13.2 Å². The van der Waals surface area contributed by atoms with Crippen LogP contribution in [0.4, 0.5) is 5.69 Å². The van der Waals surface area contributed by atoms with Crippen LogP contribution in [0.15, 0.2) is 29.3 Å². The Kier molecular flexibility index (Phi) is 6.68. The molecule has 3 N–H and O–H groups in total. The van der Waals surface area contributed by atoms with E-state index >= 15 is 0 Å². The average Bonchev–Trinajstić information content (AvgIpc) is 2.51. The van der Waals surface area contributed by atoms with Gasteiger partial charge in [-0.1, -0.05) is 25.1 Å². The average molecular weight is 304 g/mol. The number of guanidine groups is 1. The summed E-state index contributed by atoms with van der Waals surface area (Å²) in [6.45, 7) is 6.97. The fraction of sp³-hybridized carbons (Fsp3) is 0.588. The van der Waals surface area contributed by atoms with Crippen LogP contribution < -0.4 is 11.1 Å². The van der Waals surface area contributed by atoms with Gasteiger partial charge in [0.2, 0.25) is 0 Å². The second-order valence-electron chi connectivity index (χ2n) is 6.01. The molecule has 0 spiro atoms. The quantitative estimate of drug-likeness (QED) is 0.625. The number of aliphatic imine (C=N–C) groups is 1. The molecule has 0 saturated carbocycles. The lowest BCUT2D eigenvalue weighted by Crippen LogP contribution is -2.35. The van der Waals surface area contributed by atoms with Gasteiger partial charge in [-0.05, 0) is 37.9 Å². The highest BCUT2D eigenvalue weighted by Gasteiger charge is 2.14. The maximum Gasteiger partial charge on any atom is 0.193 e. The van der Waals surface area contributed by atoms with Crippen molar-refractivity contribution in [2.45, 2.75) is 26.4 Å². The van der Waals surface area contributed by atoms with Gasteiger partial charge in [0, 0.05) is 24.9 Å². The monoisotopic (exact) mass is 304 g/mol. The van der Waals surface area contributed by atoms with Crippen molar-refractivity contribution < 1.29 is 4.74 Å². The van der Waals surface area contributed by atoms with Gasteiger partial charge in [-0.3, -0.25) is 4.99 Å². The molecule has 0 aromatic heterocycles. The molecule has 22 heavy (non-hydrogen) atoms. The van der Waals surface area contributed by atoms with E-state index in [1.54, 1.807) is 7.11 Å². The van der Waals surface area contributed by atoms with Gasteiger partial charge in [0.25, 0.3) is 0 Å². The number of anilines is 1. The molecule has 1 aliphatic heterocycles. The first-order valence-corrected chi connectivity index (χ1v) is 8.05. The molecule has 1 aromatic carbocycles. The van der Waals surface area contributed by atoms with Crippen LogP contribution in [0.3, 0.4) is 0 Å². The van der Waals surface area contributed by atoms with Crippen molar-refractivity contribution in [2.75, 3.05) is 38.6 Å². The number of benzene rings is 1. The molecule has 0 radical (unpaired) electrons. The first-order valence-electron chi connectivity index (χ1n) is 8.05. The molecule has 1 aromatic rings. The fourth-order valence-electron chi connectivity index (χ4n) is 2.70. The van der Waals surface area contributed by atoms with Crippen molar-refractivity contribution in [3.05, 3.63) is 29.8 Å². The van der Waals surface area contributed by atoms with E-state index in [9.17, 15) is 0 Å². The van der Waals surface area contributed by atoms with Gasteiger partial charge in [0.1, 0.15) is 0 Å². The van der Waals surface area contributed by atoms with Crippen molar-refractivity contribution in [3.8, 4) is 0 Å². The van der Waals surface area contributed by atoms with E-state index in [2.05, 4.69) is 22.1 Å². The summed E-state index contributed by atoms with van der Waals surface area (Å²) in [5.41, 5.74) is 8.02. The van der Waals surface area contributed by atoms with E-state index in [-0.39, 0.29) is 0 Å². The number of nitrogens with zero attached hydrogens (tertiary/aromatic N) is 2. The summed E-state index contributed by atoms with van der Waals surface area (Å²) in [6.07, 6.45) is 2.59. The minimum Gasteiger partial charge on any atom is -0.380 e. The Morgan fingerprint density at radius 3 is 2.82 bits per heavy atom. The van der Waals surface area contributed by atoms with Gasteiger partial charge >= 0.3 is 0 Å². The highest BCUT2D eigenvalue weighted by atomic mass is 16.5. The molecule has 5 heteroatoms. The minimum atomic E-state index is 0.467. The van der Waals surface area contributed by atoms with Crippen molar-refractivity contribution in [1.82, 2.24) is 4.90 Å². The highest BCUT2D eigenvalue weighted by Crippen LogP contribution is 2.16. The van der Waals surface area contributed by atoms with Crippen LogP contribution in [0.1, 0.15) is 25.3 Å². The first kappa shape index (κ1) is 16.8. The van der Waals surface area contributed by atoms with E-state index < -0.39 is 0 Å². The Morgan fingerprint density at radius 2 is 2.09 bits per heavy atom. The molecule has 1 aliphatic rings. The molecule has 2 rings (SSSR count). The zero-order valence-corrected chi connectivity index (χ0v) is 13.7. The minimum absolute atomic E-state index is 0.467. The van der Waals surface area contributed by atoms with Gasteiger partial charge in [-0.15, -0.1) is 0 Å². The Balaban J connectivity index is 1.80. The number of ether oxygens (including phenoxy) is 1. The summed E-state index contributed by atoms with van der Waals surface area (Å²) in [6, 6.07) is 7.98. The lowest BCUT2D eigenvalue weighted by Gasteiger charge is -2.29. The Bertz CT molecular complexity index is 481. The molecule has 1 heterocycles. The molecule has 0 atom stereocenters. The molecule has 0 unspecified atom stereocenters. The third-order valence-corrected chi connectivity index (χ3v) is 4.15. The maximum atomic E-state index is 5.99. The number of nitrogens with one attached hydrogen (secondary N) is 1. The standard InChI is InChI=1S/C17H28N4O/c1-14-7-10-21(11-8-14)12-9-19-17(18)20-16-6-4-3-5-15(16)13-22-2/h3-6,14H,7-13H2,1-2H3,(H3,18,19,20). The largest absolute Gasteiger partial charge is 0.380 e. The molecular weight excluding hydrogens is 276 g/mol. The molecule has 1 fully saturated rings. The predicted molar refractivity (Wildman–Crippen MR) is 92.1 cm³/mol. The summed E-state index contributed by atoms with van der Waals surface area (Å²) in [7, 11) is 1.69. The smallest absolute Gasteiger partial charge is 0.193 e. The number of piperidine rings is 1. The van der Waals surface area contributed by atoms with Gasteiger partial charge < -0.3 is 20.7 Å². The second kappa shape index (κ2) is 8.76. The topological polar surface area (TPSA) is 62.9 Å². The maximum absolute atomic E-state index is 5.99. The number of methoxy groups -OCH3 is 1. The van der Waals surface area contributed by atoms with Crippen LogP contribution in [-0.2, 0) is 11.3 Å². The zero-order valence-electron chi connectivity index (χ0n) is 13.7. The van der Waals surface area contributed by atoms with Gasteiger partial charge in [0.15, 0.2) is 5.96 Å². The fourth-order valence-corrected chi connectivity index (χ4v) is 2.70. The van der Waals surface area contributed by atoms with E-state index in [1.807, 2.05) is 24.3 Å². The van der Waals surface area contributed by atoms with E-state index in [1.165, 1.54) is 25.9 Å². The SMILES string of the molecule is COCc1ccccc1NC(N)=NCCN1CCC(C)CC1. The molecule has 122 valence electrons. The van der Waals surface area contributed by atoms with Crippen molar-refractivity contribution in [1.29, 1.82) is 0 Å². The number of hydrogen-bond donors (Lipinski definition) is 2. The molecule has 0 bridgehead atoms. The van der Waals surface area contributed by atoms with Crippen molar-refractivity contribution in [3.63, 3.8) is 0 Å². The number of rotatable bonds is 6. The molecule has 1 saturated heterocycles. The number of likely N-dealkylation sites (tertiary alicyclic amines) is 1. The summed E-state index contributed by atoms with van der Waals surface area (Å²) < 4.78 is 5.19. The third-order valence-electron chi connectivity index (χ3n) is 4.15.